The summed E-state index contributed by atoms with van der Waals surface area (Å²) in [5, 5.41) is 17.5. The van der Waals surface area contributed by atoms with Gasteiger partial charge in [-0.3, -0.25) is 0 Å². The van der Waals surface area contributed by atoms with E-state index >= 15 is 0 Å². The van der Waals surface area contributed by atoms with Gasteiger partial charge < -0.3 is 14.9 Å². The van der Waals surface area contributed by atoms with Crippen molar-refractivity contribution in [2.24, 2.45) is 0 Å². The lowest BCUT2D eigenvalue weighted by Gasteiger charge is -2.05. The first-order valence-electron chi connectivity index (χ1n) is 3.36. The number of phenolic OH excluding ortho intramolecular Hbond substituents is 1. The highest BCUT2D eigenvalue weighted by Gasteiger charge is 2.17. The van der Waals surface area contributed by atoms with E-state index in [0.717, 1.165) is 6.07 Å². The number of benzene rings is 1. The SMILES string of the molecule is COc1cc(O)cc(F)c1C(=O)O. The molecule has 0 radical (unpaired) electrons. The zero-order valence-electron chi connectivity index (χ0n) is 6.74. The second-order valence-electron chi connectivity index (χ2n) is 2.31. The molecule has 0 spiro atoms. The third kappa shape index (κ3) is 1.69. The van der Waals surface area contributed by atoms with Crippen LogP contribution >= 0.6 is 0 Å². The minimum Gasteiger partial charge on any atom is -0.508 e. The lowest BCUT2D eigenvalue weighted by Crippen LogP contribution is -2.03. The molecule has 1 aromatic carbocycles. The van der Waals surface area contributed by atoms with Crippen molar-refractivity contribution in [1.82, 2.24) is 0 Å². The number of phenols is 1. The lowest BCUT2D eigenvalue weighted by molar-refractivity contribution is 0.0688. The maximum Gasteiger partial charge on any atom is 0.342 e. The van der Waals surface area contributed by atoms with Crippen LogP contribution in [-0.2, 0) is 0 Å². The van der Waals surface area contributed by atoms with Crippen LogP contribution in [0.1, 0.15) is 10.4 Å². The predicted molar refractivity (Wildman–Crippen MR) is 41.6 cm³/mol. The number of methoxy groups -OCH3 is 1. The van der Waals surface area contributed by atoms with Crippen molar-refractivity contribution in [2.75, 3.05) is 7.11 Å². The molecule has 0 aromatic heterocycles. The summed E-state index contributed by atoms with van der Waals surface area (Å²) in [5.74, 6) is -3.04. The molecule has 0 amide bonds. The van der Waals surface area contributed by atoms with Crippen molar-refractivity contribution in [1.29, 1.82) is 0 Å². The van der Waals surface area contributed by atoms with E-state index in [2.05, 4.69) is 4.74 Å². The van der Waals surface area contributed by atoms with Gasteiger partial charge in [0.25, 0.3) is 0 Å². The number of halogens is 1. The fourth-order valence-electron chi connectivity index (χ4n) is 0.936. The Morgan fingerprint density at radius 3 is 2.62 bits per heavy atom. The van der Waals surface area contributed by atoms with Crippen LogP contribution in [0.4, 0.5) is 4.39 Å². The molecule has 5 heteroatoms. The van der Waals surface area contributed by atoms with Gasteiger partial charge in [0, 0.05) is 12.1 Å². The first-order chi connectivity index (χ1) is 6.06. The Kier molecular flexibility index (Phi) is 2.36. The van der Waals surface area contributed by atoms with Gasteiger partial charge in [0.2, 0.25) is 0 Å². The zero-order valence-corrected chi connectivity index (χ0v) is 6.74. The molecule has 0 bridgehead atoms. The second kappa shape index (κ2) is 3.30. The van der Waals surface area contributed by atoms with E-state index in [4.69, 9.17) is 10.2 Å². The number of ether oxygens (including phenoxy) is 1. The molecule has 0 aliphatic rings. The number of carbonyl (C=O) groups is 1. The molecule has 0 unspecified atom stereocenters. The second-order valence-corrected chi connectivity index (χ2v) is 2.31. The summed E-state index contributed by atoms with van der Waals surface area (Å²) >= 11 is 0. The molecule has 13 heavy (non-hydrogen) atoms. The van der Waals surface area contributed by atoms with Gasteiger partial charge in [0.05, 0.1) is 7.11 Å². The summed E-state index contributed by atoms with van der Waals surface area (Å²) in [4.78, 5) is 10.5. The fourth-order valence-corrected chi connectivity index (χ4v) is 0.936. The van der Waals surface area contributed by atoms with Crippen molar-refractivity contribution in [3.05, 3.63) is 23.5 Å². The van der Waals surface area contributed by atoms with Crippen molar-refractivity contribution in [3.8, 4) is 11.5 Å². The topological polar surface area (TPSA) is 66.8 Å². The van der Waals surface area contributed by atoms with E-state index < -0.39 is 17.3 Å². The van der Waals surface area contributed by atoms with E-state index in [0.29, 0.717) is 6.07 Å². The quantitative estimate of drug-likeness (QED) is 0.729. The Morgan fingerprint density at radius 2 is 2.15 bits per heavy atom. The Labute approximate surface area is 73.2 Å². The largest absolute Gasteiger partial charge is 0.508 e. The van der Waals surface area contributed by atoms with Gasteiger partial charge in [-0.15, -0.1) is 0 Å². The molecule has 0 saturated carbocycles. The summed E-state index contributed by atoms with van der Waals surface area (Å²) in [6.07, 6.45) is 0. The fraction of sp³-hybridized carbons (Fsp3) is 0.125. The van der Waals surface area contributed by atoms with Gasteiger partial charge in [0.15, 0.2) is 0 Å². The molecule has 0 atom stereocenters. The van der Waals surface area contributed by atoms with Crippen LogP contribution in [0.3, 0.4) is 0 Å². The summed E-state index contributed by atoms with van der Waals surface area (Å²) in [6, 6.07) is 1.75. The maximum atomic E-state index is 12.9. The number of carboxylic acid groups (broad SMARTS) is 1. The van der Waals surface area contributed by atoms with E-state index in [-0.39, 0.29) is 11.5 Å². The van der Waals surface area contributed by atoms with Crippen LogP contribution in [0.25, 0.3) is 0 Å². The molecule has 1 aromatic rings. The molecule has 4 nitrogen and oxygen atoms in total. The Balaban J connectivity index is 3.38. The lowest BCUT2D eigenvalue weighted by atomic mass is 10.2. The molecule has 0 aliphatic carbocycles. The Bertz CT molecular complexity index is 348. The van der Waals surface area contributed by atoms with E-state index in [1.54, 1.807) is 0 Å². The van der Waals surface area contributed by atoms with E-state index in [1.807, 2.05) is 0 Å². The Morgan fingerprint density at radius 1 is 1.54 bits per heavy atom. The van der Waals surface area contributed by atoms with Crippen LogP contribution in [0.5, 0.6) is 11.5 Å². The van der Waals surface area contributed by atoms with Gasteiger partial charge >= 0.3 is 5.97 Å². The number of hydrogen-bond donors (Lipinski definition) is 2. The molecule has 0 saturated heterocycles. The highest BCUT2D eigenvalue weighted by molar-refractivity contribution is 5.91. The van der Waals surface area contributed by atoms with Crippen molar-refractivity contribution < 1.29 is 24.1 Å². The van der Waals surface area contributed by atoms with Gasteiger partial charge in [-0.2, -0.15) is 0 Å². The van der Waals surface area contributed by atoms with Crippen molar-refractivity contribution in [2.45, 2.75) is 0 Å². The third-order valence-electron chi connectivity index (χ3n) is 1.47. The van der Waals surface area contributed by atoms with Crippen molar-refractivity contribution >= 4 is 5.97 Å². The third-order valence-corrected chi connectivity index (χ3v) is 1.47. The molecular formula is C8H7FO4. The maximum absolute atomic E-state index is 12.9. The molecule has 0 heterocycles. The number of rotatable bonds is 2. The standard InChI is InChI=1S/C8H7FO4/c1-13-6-3-4(10)2-5(9)7(6)8(11)12/h2-3,10H,1H3,(H,11,12). The number of carboxylic acids is 1. The zero-order chi connectivity index (χ0) is 10.0. The average molecular weight is 186 g/mol. The first kappa shape index (κ1) is 9.31. The smallest absolute Gasteiger partial charge is 0.342 e. The summed E-state index contributed by atoms with van der Waals surface area (Å²) in [7, 11) is 1.20. The minimum atomic E-state index is -1.44. The van der Waals surface area contributed by atoms with Crippen LogP contribution in [0.15, 0.2) is 12.1 Å². The molecular weight excluding hydrogens is 179 g/mol. The Hall–Kier alpha value is -1.78. The van der Waals surface area contributed by atoms with Crippen LogP contribution < -0.4 is 4.74 Å². The first-order valence-corrected chi connectivity index (χ1v) is 3.36. The minimum absolute atomic E-state index is 0.204. The number of aromatic carboxylic acids is 1. The highest BCUT2D eigenvalue weighted by atomic mass is 19.1. The average Bonchev–Trinajstić information content (AvgIpc) is 2.01. The molecule has 0 fully saturated rings. The van der Waals surface area contributed by atoms with E-state index in [1.165, 1.54) is 7.11 Å². The van der Waals surface area contributed by atoms with Crippen LogP contribution in [0, 0.1) is 5.82 Å². The monoisotopic (exact) mass is 186 g/mol. The van der Waals surface area contributed by atoms with Crippen LogP contribution in [-0.4, -0.2) is 23.3 Å². The summed E-state index contributed by atoms with van der Waals surface area (Å²) < 4.78 is 17.5. The number of hydrogen-bond acceptors (Lipinski definition) is 3. The molecule has 2 N–H and O–H groups in total. The van der Waals surface area contributed by atoms with Gasteiger partial charge in [0.1, 0.15) is 22.9 Å². The summed E-state index contributed by atoms with van der Waals surface area (Å²) in [5.41, 5.74) is -0.583. The van der Waals surface area contributed by atoms with Gasteiger partial charge in [-0.1, -0.05) is 0 Å². The van der Waals surface area contributed by atoms with Gasteiger partial charge in [-0.25, -0.2) is 9.18 Å². The van der Waals surface area contributed by atoms with Crippen LogP contribution in [0.2, 0.25) is 0 Å². The normalized spacial score (nSPS) is 9.69. The molecule has 0 aliphatic heterocycles. The van der Waals surface area contributed by atoms with Crippen molar-refractivity contribution in [3.63, 3.8) is 0 Å². The number of aromatic hydroxyl groups is 1. The molecule has 1 rings (SSSR count). The van der Waals surface area contributed by atoms with Gasteiger partial charge in [-0.05, 0) is 0 Å². The predicted octanol–water partition coefficient (Wildman–Crippen LogP) is 1.24. The summed E-state index contributed by atoms with van der Waals surface area (Å²) in [6.45, 7) is 0. The van der Waals surface area contributed by atoms with E-state index in [9.17, 15) is 9.18 Å². The molecule has 70 valence electrons. The highest BCUT2D eigenvalue weighted by Crippen LogP contribution is 2.26.